The molecule has 0 atom stereocenters. The van der Waals surface area contributed by atoms with E-state index in [9.17, 15) is 4.79 Å². The molecule has 4 nitrogen and oxygen atoms in total. The van der Waals surface area contributed by atoms with Gasteiger partial charge in [-0.05, 0) is 17.0 Å². The second-order valence-electron chi connectivity index (χ2n) is 5.02. The Morgan fingerprint density at radius 1 is 1.44 bits per heavy atom. The summed E-state index contributed by atoms with van der Waals surface area (Å²) >= 11 is 0. The first-order valence-corrected chi connectivity index (χ1v) is 5.30. The number of anilines is 1. The number of cyclic esters (lactones) is 1. The summed E-state index contributed by atoms with van der Waals surface area (Å²) < 4.78 is 5.10. The fourth-order valence-electron chi connectivity index (χ4n) is 1.93. The lowest BCUT2D eigenvalue weighted by Gasteiger charge is -2.30. The van der Waals surface area contributed by atoms with E-state index in [0.29, 0.717) is 12.4 Å². The molecule has 16 heavy (non-hydrogen) atoms. The van der Waals surface area contributed by atoms with Crippen molar-refractivity contribution < 1.29 is 9.53 Å². The minimum Gasteiger partial charge on any atom is -0.444 e. The van der Waals surface area contributed by atoms with Gasteiger partial charge in [0.05, 0.1) is 0 Å². The highest BCUT2D eigenvalue weighted by molar-refractivity contribution is 5.88. The van der Waals surface area contributed by atoms with Crippen molar-refractivity contribution in [2.75, 3.05) is 11.9 Å². The summed E-state index contributed by atoms with van der Waals surface area (Å²) in [6.07, 6.45) is 1.40. The molecule has 1 aliphatic heterocycles. The summed E-state index contributed by atoms with van der Waals surface area (Å²) in [5.41, 5.74) is 2.21. The van der Waals surface area contributed by atoms with Crippen molar-refractivity contribution in [1.82, 2.24) is 4.98 Å². The molecule has 1 amide bonds. The molecule has 0 aliphatic carbocycles. The van der Waals surface area contributed by atoms with Crippen molar-refractivity contribution in [2.45, 2.75) is 32.8 Å². The minimum atomic E-state index is -0.342. The highest BCUT2D eigenvalue weighted by atomic mass is 16.6. The number of hydrogen-bond acceptors (Lipinski definition) is 3. The highest BCUT2D eigenvalue weighted by Crippen LogP contribution is 2.33. The van der Waals surface area contributed by atoms with Gasteiger partial charge < -0.3 is 4.74 Å². The molecule has 0 N–H and O–H groups in total. The van der Waals surface area contributed by atoms with Crippen molar-refractivity contribution in [3.63, 3.8) is 0 Å². The number of fused-ring (bicyclic) bond motifs is 1. The number of hydrogen-bond donors (Lipinski definition) is 0. The van der Waals surface area contributed by atoms with Crippen LogP contribution in [0.1, 0.15) is 31.9 Å². The lowest BCUT2D eigenvalue weighted by Crippen LogP contribution is -2.34. The van der Waals surface area contributed by atoms with E-state index in [1.165, 1.54) is 10.5 Å². The van der Waals surface area contributed by atoms with Crippen molar-refractivity contribution in [3.8, 4) is 0 Å². The van der Waals surface area contributed by atoms with Crippen LogP contribution in [0.15, 0.2) is 12.3 Å². The molecule has 2 rings (SSSR count). The number of nitrogens with zero attached hydrogens (tertiary/aromatic N) is 2. The van der Waals surface area contributed by atoms with Crippen LogP contribution in [0.25, 0.3) is 0 Å². The third-order valence-electron chi connectivity index (χ3n) is 2.77. The Bertz CT molecular complexity index is 435. The Hall–Kier alpha value is -1.58. The lowest BCUT2D eigenvalue weighted by atomic mass is 9.84. The molecule has 1 aliphatic rings. The quantitative estimate of drug-likeness (QED) is 0.674. The molecule has 0 saturated carbocycles. The van der Waals surface area contributed by atoms with Gasteiger partial charge in [-0.15, -0.1) is 0 Å². The molecule has 1 aromatic rings. The van der Waals surface area contributed by atoms with Crippen LogP contribution in [0.5, 0.6) is 0 Å². The zero-order valence-electron chi connectivity index (χ0n) is 10.1. The number of rotatable bonds is 0. The maximum absolute atomic E-state index is 11.4. The molecule has 2 heterocycles. The van der Waals surface area contributed by atoms with E-state index >= 15 is 0 Å². The molecule has 0 unspecified atom stereocenters. The van der Waals surface area contributed by atoms with E-state index in [2.05, 4.69) is 25.8 Å². The fraction of sp³-hybridized carbons (Fsp3) is 0.500. The molecule has 0 fully saturated rings. The van der Waals surface area contributed by atoms with E-state index in [1.54, 1.807) is 13.2 Å². The van der Waals surface area contributed by atoms with Gasteiger partial charge in [-0.2, -0.15) is 0 Å². The second-order valence-corrected chi connectivity index (χ2v) is 5.02. The molecule has 0 spiro atoms. The Morgan fingerprint density at radius 2 is 2.12 bits per heavy atom. The summed E-state index contributed by atoms with van der Waals surface area (Å²) in [7, 11) is 1.68. The van der Waals surface area contributed by atoms with Crippen molar-refractivity contribution in [1.29, 1.82) is 0 Å². The smallest absolute Gasteiger partial charge is 0.415 e. The van der Waals surface area contributed by atoms with E-state index < -0.39 is 0 Å². The van der Waals surface area contributed by atoms with E-state index in [-0.39, 0.29) is 11.5 Å². The van der Waals surface area contributed by atoms with Crippen LogP contribution in [-0.2, 0) is 16.8 Å². The molecular weight excluding hydrogens is 204 g/mol. The minimum absolute atomic E-state index is 0.0254. The van der Waals surface area contributed by atoms with Gasteiger partial charge in [-0.3, -0.25) is 4.90 Å². The zero-order chi connectivity index (χ0) is 11.9. The first-order valence-electron chi connectivity index (χ1n) is 5.30. The van der Waals surface area contributed by atoms with Gasteiger partial charge >= 0.3 is 6.09 Å². The highest BCUT2D eigenvalue weighted by Gasteiger charge is 2.29. The average Bonchev–Trinajstić information content (AvgIpc) is 2.21. The summed E-state index contributed by atoms with van der Waals surface area (Å²) in [6, 6.07) is 1.99. The van der Waals surface area contributed by atoms with Gasteiger partial charge in [-0.1, -0.05) is 20.8 Å². The van der Waals surface area contributed by atoms with Gasteiger partial charge in [0, 0.05) is 18.8 Å². The first kappa shape index (κ1) is 10.9. The van der Waals surface area contributed by atoms with Gasteiger partial charge in [0.25, 0.3) is 0 Å². The fourth-order valence-corrected chi connectivity index (χ4v) is 1.93. The molecule has 0 radical (unpaired) electrons. The van der Waals surface area contributed by atoms with Gasteiger partial charge in [0.2, 0.25) is 0 Å². The largest absolute Gasteiger partial charge is 0.444 e. The summed E-state index contributed by atoms with van der Waals surface area (Å²) in [5, 5.41) is 0. The number of carbonyl (C=O) groups is 1. The number of carbonyl (C=O) groups excluding carboxylic acids is 1. The van der Waals surface area contributed by atoms with E-state index in [0.717, 1.165) is 5.56 Å². The monoisotopic (exact) mass is 220 g/mol. The summed E-state index contributed by atoms with van der Waals surface area (Å²) in [5.74, 6) is 0.712. The van der Waals surface area contributed by atoms with Crippen molar-refractivity contribution in [3.05, 3.63) is 23.4 Å². The Morgan fingerprint density at radius 3 is 2.75 bits per heavy atom. The third kappa shape index (κ3) is 1.64. The van der Waals surface area contributed by atoms with Crippen LogP contribution in [0.4, 0.5) is 10.6 Å². The van der Waals surface area contributed by atoms with Crippen LogP contribution >= 0.6 is 0 Å². The molecule has 86 valence electrons. The SMILES string of the molecule is CN1C(=O)OCc2c(C(C)(C)C)ccnc21. The zero-order valence-corrected chi connectivity index (χ0v) is 10.1. The predicted molar refractivity (Wildman–Crippen MR) is 61.5 cm³/mol. The summed E-state index contributed by atoms with van der Waals surface area (Å²) in [4.78, 5) is 17.1. The normalized spacial score (nSPS) is 15.8. The number of amides is 1. The Labute approximate surface area is 95.2 Å². The first-order chi connectivity index (χ1) is 7.41. The molecule has 0 saturated heterocycles. The van der Waals surface area contributed by atoms with Crippen molar-refractivity contribution in [2.24, 2.45) is 0 Å². The van der Waals surface area contributed by atoms with Gasteiger partial charge in [0.1, 0.15) is 12.4 Å². The standard InChI is InChI=1S/C12H16N2O2/c1-12(2,3)9-5-6-13-10-8(9)7-16-11(15)14(10)4/h5-6H,7H2,1-4H3. The van der Waals surface area contributed by atoms with Gasteiger partial charge in [-0.25, -0.2) is 9.78 Å². The van der Waals surface area contributed by atoms with Crippen LogP contribution in [0, 0.1) is 0 Å². The second kappa shape index (κ2) is 3.47. The van der Waals surface area contributed by atoms with Crippen LogP contribution < -0.4 is 4.90 Å². The van der Waals surface area contributed by atoms with Crippen LogP contribution in [0.3, 0.4) is 0 Å². The van der Waals surface area contributed by atoms with Gasteiger partial charge in [0.15, 0.2) is 0 Å². The number of ether oxygens (including phenoxy) is 1. The number of pyridine rings is 1. The van der Waals surface area contributed by atoms with Crippen LogP contribution in [-0.4, -0.2) is 18.1 Å². The average molecular weight is 220 g/mol. The predicted octanol–water partition coefficient (Wildman–Crippen LogP) is 2.47. The molecule has 0 bridgehead atoms. The topological polar surface area (TPSA) is 42.4 Å². The Balaban J connectivity index is 2.57. The number of aromatic nitrogens is 1. The van der Waals surface area contributed by atoms with Crippen molar-refractivity contribution >= 4 is 11.9 Å². The van der Waals surface area contributed by atoms with E-state index in [4.69, 9.17) is 4.74 Å². The third-order valence-corrected chi connectivity index (χ3v) is 2.77. The van der Waals surface area contributed by atoms with Crippen LogP contribution in [0.2, 0.25) is 0 Å². The maximum atomic E-state index is 11.4. The maximum Gasteiger partial charge on any atom is 0.415 e. The molecule has 0 aromatic carbocycles. The Kier molecular flexibility index (Phi) is 2.37. The lowest BCUT2D eigenvalue weighted by molar-refractivity contribution is 0.142. The molecule has 4 heteroatoms. The molecular formula is C12H16N2O2. The summed E-state index contributed by atoms with van der Waals surface area (Å²) in [6.45, 7) is 6.73. The molecule has 1 aromatic heterocycles. The van der Waals surface area contributed by atoms with E-state index in [1.807, 2.05) is 6.07 Å².